The van der Waals surface area contributed by atoms with Crippen molar-refractivity contribution in [1.29, 1.82) is 0 Å². The number of nitrogens with two attached hydrogens (primary N) is 3. The molecule has 3 atom stereocenters. The third-order valence-corrected chi connectivity index (χ3v) is 14.3. The van der Waals surface area contributed by atoms with E-state index < -0.39 is 104 Å². The zero-order valence-corrected chi connectivity index (χ0v) is 37.6. The fourth-order valence-corrected chi connectivity index (χ4v) is 10.7. The van der Waals surface area contributed by atoms with Crippen molar-refractivity contribution in [3.8, 4) is 0 Å². The third-order valence-electron chi connectivity index (χ3n) is 9.30. The van der Waals surface area contributed by atoms with Gasteiger partial charge in [0.1, 0.15) is 46.1 Å². The number of fused-ring (bicyclic) bond motifs is 1. The van der Waals surface area contributed by atoms with Gasteiger partial charge in [-0.25, -0.2) is 40.9 Å². The fourth-order valence-electron chi connectivity index (χ4n) is 6.40. The molecule has 3 aromatic carbocycles. The lowest BCUT2D eigenvalue weighted by Gasteiger charge is -2.50. The molecule has 0 aliphatic carbocycles. The molecule has 0 spiro atoms. The third kappa shape index (κ3) is 11.4. The van der Waals surface area contributed by atoms with Crippen LogP contribution in [0.15, 0.2) is 101 Å². The fraction of sp³-hybridized carbons (Fsp3) is 0.300. The molecule has 0 bridgehead atoms. The van der Waals surface area contributed by atoms with Crippen molar-refractivity contribution in [3.05, 3.63) is 118 Å². The summed E-state index contributed by atoms with van der Waals surface area (Å²) < 4.78 is 73.6. The minimum Gasteiger partial charge on any atom is -0.455 e. The lowest BCUT2D eigenvalue weighted by Crippen LogP contribution is -2.71. The first-order valence-corrected chi connectivity index (χ1v) is 24.2. The van der Waals surface area contributed by atoms with Crippen molar-refractivity contribution in [1.82, 2.24) is 24.6 Å². The van der Waals surface area contributed by atoms with Crippen LogP contribution in [0.25, 0.3) is 0 Å². The van der Waals surface area contributed by atoms with Gasteiger partial charge < -0.3 is 36.7 Å². The van der Waals surface area contributed by atoms with E-state index in [0.717, 1.165) is 16.7 Å². The number of sulfonamides is 2. The highest BCUT2D eigenvalue weighted by atomic mass is 32.2. The molecule has 0 saturated carbocycles. The van der Waals surface area contributed by atoms with E-state index in [-0.39, 0.29) is 31.9 Å². The number of amides is 3. The SMILES string of the molecule is CC(C)(C)OC(=O)c1nc([C@@H](NS(=O)(=O)CCNS(=O)(=O)c2ccc(N)cc2)C(=O)N[C@@H]2C(=O)N3C(C(=O)OC(c4ccccc4)c4ccccc4)=C(COC(N)=O)CS[C@H]23)c(N)s1. The van der Waals surface area contributed by atoms with Gasteiger partial charge in [0, 0.05) is 23.6 Å². The van der Waals surface area contributed by atoms with Gasteiger partial charge in [0.15, 0.2) is 6.10 Å². The number of carbonyl (C=O) groups excluding carboxylic acids is 5. The second-order valence-electron chi connectivity index (χ2n) is 15.2. The molecular weight excluding hydrogens is 913 g/mol. The Balaban J connectivity index is 1.26. The number of hydrogen-bond donors (Lipinski definition) is 6. The van der Waals surface area contributed by atoms with Gasteiger partial charge in [-0.2, -0.15) is 4.72 Å². The molecule has 64 heavy (non-hydrogen) atoms. The first-order valence-electron chi connectivity index (χ1n) is 19.2. The summed E-state index contributed by atoms with van der Waals surface area (Å²) in [6.45, 7) is 3.70. The Morgan fingerprint density at radius 2 is 1.52 bits per heavy atom. The zero-order valence-electron chi connectivity index (χ0n) is 34.4. The van der Waals surface area contributed by atoms with Gasteiger partial charge in [-0.15, -0.1) is 11.8 Å². The molecule has 1 aromatic heterocycles. The van der Waals surface area contributed by atoms with Crippen LogP contribution in [0, 0.1) is 0 Å². The second-order valence-corrected chi connectivity index (χ2v) is 20.9. The van der Waals surface area contributed by atoms with Crippen LogP contribution in [-0.4, -0.2) is 98.2 Å². The lowest BCUT2D eigenvalue weighted by atomic mass is 10.0. The highest BCUT2D eigenvalue weighted by Crippen LogP contribution is 2.42. The minimum absolute atomic E-state index is 0.000482. The van der Waals surface area contributed by atoms with Gasteiger partial charge in [0.25, 0.3) is 5.91 Å². The van der Waals surface area contributed by atoms with Crippen LogP contribution in [-0.2, 0) is 48.6 Å². The Morgan fingerprint density at radius 3 is 2.09 bits per heavy atom. The number of hydrogen-bond acceptors (Lipinski definition) is 17. The number of nitrogens with zero attached hydrogens (tertiary/aromatic N) is 2. The number of nitrogens with one attached hydrogen (secondary N) is 3. The van der Waals surface area contributed by atoms with E-state index in [1.54, 1.807) is 81.4 Å². The summed E-state index contributed by atoms with van der Waals surface area (Å²) in [4.78, 5) is 72.2. The van der Waals surface area contributed by atoms with E-state index in [1.807, 2.05) is 0 Å². The Hall–Kier alpha value is -6.05. The number of rotatable bonds is 17. The highest BCUT2D eigenvalue weighted by molar-refractivity contribution is 8.00. The number of thiazole rings is 1. The Labute approximate surface area is 376 Å². The van der Waals surface area contributed by atoms with Crippen LogP contribution >= 0.6 is 23.1 Å². The molecule has 9 N–H and O–H groups in total. The van der Waals surface area contributed by atoms with Crippen molar-refractivity contribution in [2.45, 2.75) is 54.8 Å². The van der Waals surface area contributed by atoms with Crippen molar-refractivity contribution >= 4 is 83.7 Å². The van der Waals surface area contributed by atoms with Gasteiger partial charge in [-0.1, -0.05) is 72.0 Å². The van der Waals surface area contributed by atoms with Crippen LogP contribution < -0.4 is 32.0 Å². The van der Waals surface area contributed by atoms with Crippen molar-refractivity contribution < 1.29 is 55.0 Å². The first kappa shape index (κ1) is 47.4. The normalized spacial score (nSPS) is 16.9. The quantitative estimate of drug-likeness (QED) is 0.0383. The maximum Gasteiger partial charge on any atom is 0.404 e. The summed E-state index contributed by atoms with van der Waals surface area (Å²) >= 11 is 1.71. The molecule has 3 amide bonds. The van der Waals surface area contributed by atoms with E-state index in [2.05, 4.69) is 19.7 Å². The number of anilines is 2. The number of benzene rings is 3. The Morgan fingerprint density at radius 1 is 0.906 bits per heavy atom. The van der Waals surface area contributed by atoms with Crippen molar-refractivity contribution in [2.24, 2.45) is 5.73 Å². The van der Waals surface area contributed by atoms with E-state index in [9.17, 15) is 40.8 Å². The molecular formula is C40H44N8O12S4. The van der Waals surface area contributed by atoms with Gasteiger partial charge >= 0.3 is 18.0 Å². The van der Waals surface area contributed by atoms with E-state index in [0.29, 0.717) is 28.2 Å². The van der Waals surface area contributed by atoms with E-state index in [1.165, 1.54) is 24.3 Å². The van der Waals surface area contributed by atoms with Crippen molar-refractivity contribution in [3.63, 3.8) is 0 Å². The Bertz CT molecular complexity index is 2640. The van der Waals surface area contributed by atoms with E-state index in [4.69, 9.17) is 31.4 Å². The molecule has 24 heteroatoms. The number of aromatic nitrogens is 1. The predicted octanol–water partition coefficient (Wildman–Crippen LogP) is 2.28. The van der Waals surface area contributed by atoms with Crippen molar-refractivity contribution in [2.75, 3.05) is 36.1 Å². The van der Waals surface area contributed by atoms with E-state index >= 15 is 0 Å². The first-order chi connectivity index (χ1) is 30.1. The summed E-state index contributed by atoms with van der Waals surface area (Å²) in [5.74, 6) is -4.71. The molecule has 1 saturated heterocycles. The van der Waals surface area contributed by atoms with Crippen LogP contribution in [0.3, 0.4) is 0 Å². The molecule has 340 valence electrons. The monoisotopic (exact) mass is 956 g/mol. The maximum absolute atomic E-state index is 14.2. The molecule has 0 radical (unpaired) electrons. The summed E-state index contributed by atoms with van der Waals surface area (Å²) in [6.07, 6.45) is -2.07. The summed E-state index contributed by atoms with van der Waals surface area (Å²) in [6, 6.07) is 19.5. The topological polar surface area (TPSA) is 312 Å². The number of β-lactam (4-membered cyclic amide) rings is 1. The maximum atomic E-state index is 14.2. The van der Waals surface area contributed by atoms with Crippen LogP contribution in [0.1, 0.15) is 59.5 Å². The number of primary amides is 1. The lowest BCUT2D eigenvalue weighted by molar-refractivity contribution is -0.155. The molecule has 3 heterocycles. The Kier molecular flexibility index (Phi) is 14.4. The molecule has 6 rings (SSSR count). The average molecular weight is 957 g/mol. The molecule has 2 aliphatic rings. The molecule has 1 fully saturated rings. The summed E-state index contributed by atoms with van der Waals surface area (Å²) in [5.41, 5.74) is 17.2. The van der Waals surface area contributed by atoms with Crippen LogP contribution in [0.2, 0.25) is 0 Å². The second kappa shape index (κ2) is 19.4. The van der Waals surface area contributed by atoms with Gasteiger partial charge in [0.05, 0.1) is 10.6 Å². The average Bonchev–Trinajstić information content (AvgIpc) is 3.63. The molecule has 20 nitrogen and oxygen atoms in total. The molecule has 2 aliphatic heterocycles. The number of carbonyl (C=O) groups is 5. The largest absolute Gasteiger partial charge is 0.455 e. The van der Waals surface area contributed by atoms with Gasteiger partial charge in [0.2, 0.25) is 31.0 Å². The van der Waals surface area contributed by atoms with Gasteiger partial charge in [-0.05, 0) is 56.2 Å². The molecule has 4 aromatic rings. The summed E-state index contributed by atoms with van der Waals surface area (Å²) in [5, 5.41) is 1.00. The van der Waals surface area contributed by atoms with Crippen LogP contribution in [0.4, 0.5) is 15.5 Å². The molecule has 0 unspecified atom stereocenters. The summed E-state index contributed by atoms with van der Waals surface area (Å²) in [7, 11) is -8.77. The van der Waals surface area contributed by atoms with Crippen LogP contribution in [0.5, 0.6) is 0 Å². The number of esters is 2. The van der Waals surface area contributed by atoms with Gasteiger partial charge in [-0.3, -0.25) is 14.5 Å². The predicted molar refractivity (Wildman–Crippen MR) is 236 cm³/mol. The highest BCUT2D eigenvalue weighted by Gasteiger charge is 2.55. The number of ether oxygens (including phenoxy) is 3. The number of nitrogen functional groups attached to an aromatic ring is 2. The zero-order chi connectivity index (χ0) is 46.6. The smallest absolute Gasteiger partial charge is 0.404 e. The standard InChI is InChI=1S/C40H44N8O12S4/c1-40(2,3)60-38(52)34-46-27(32(42)62-34)28(47-63(54,55)19-18-44-64(56,57)26-16-14-25(41)15-17-26)33(49)45-29-35(50)48-30(24(20-58-39(43)53)21-61-36(29)48)37(51)59-31(22-10-6-4-7-11-22)23-12-8-5-9-13-23/h4-17,28-29,31,36,44,47H,18-21,41-42H2,1-3H3,(H2,43,53)(H,45,49)/t28-,29-,36-/m1/s1. The minimum atomic E-state index is -4.59. The number of thioether (sulfide) groups is 1.